The molecule has 1 heterocycles. The van der Waals surface area contributed by atoms with Crippen molar-refractivity contribution in [3.05, 3.63) is 23.8 Å². The molecule has 17 heavy (non-hydrogen) atoms. The molecule has 0 aliphatic carbocycles. The zero-order valence-electron chi connectivity index (χ0n) is 10.1. The largest absolute Gasteiger partial charge is 0.454 e. The van der Waals surface area contributed by atoms with Crippen LogP contribution >= 0.6 is 0 Å². The fraction of sp³-hybridized carbons (Fsp3) is 0.462. The molecule has 0 spiro atoms. The summed E-state index contributed by atoms with van der Waals surface area (Å²) in [7, 11) is 0. The quantitative estimate of drug-likeness (QED) is 0.799. The van der Waals surface area contributed by atoms with Crippen LogP contribution in [0.4, 0.5) is 0 Å². The Labute approximate surface area is 101 Å². The highest BCUT2D eigenvalue weighted by Crippen LogP contribution is 2.35. The van der Waals surface area contributed by atoms with Crippen LogP contribution in [0, 0.1) is 11.3 Å². The molecule has 1 aliphatic heterocycles. The van der Waals surface area contributed by atoms with Gasteiger partial charge in [-0.1, -0.05) is 19.9 Å². The molecule has 0 saturated carbocycles. The molecular weight excluding hydrogens is 216 g/mol. The molecule has 0 amide bonds. The van der Waals surface area contributed by atoms with E-state index in [1.807, 2.05) is 18.2 Å². The predicted molar refractivity (Wildman–Crippen MR) is 63.8 cm³/mol. The SMILES string of the molecule is CCN(CC)C(C#N)c1ccc2c(c1)OCO2. The van der Waals surface area contributed by atoms with E-state index in [0.29, 0.717) is 0 Å². The summed E-state index contributed by atoms with van der Waals surface area (Å²) in [4.78, 5) is 2.11. The van der Waals surface area contributed by atoms with E-state index in [-0.39, 0.29) is 12.8 Å². The summed E-state index contributed by atoms with van der Waals surface area (Å²) < 4.78 is 10.6. The normalized spacial score (nSPS) is 14.7. The Kier molecular flexibility index (Phi) is 3.50. The van der Waals surface area contributed by atoms with Gasteiger partial charge in [-0.15, -0.1) is 0 Å². The summed E-state index contributed by atoms with van der Waals surface area (Å²) in [5.74, 6) is 1.49. The van der Waals surface area contributed by atoms with Crippen molar-refractivity contribution in [1.29, 1.82) is 5.26 Å². The highest BCUT2D eigenvalue weighted by molar-refractivity contribution is 5.46. The molecule has 4 heteroatoms. The average molecular weight is 232 g/mol. The first-order chi connectivity index (χ1) is 8.30. The van der Waals surface area contributed by atoms with Gasteiger partial charge < -0.3 is 9.47 Å². The van der Waals surface area contributed by atoms with E-state index in [1.165, 1.54) is 0 Å². The Morgan fingerprint density at radius 3 is 2.65 bits per heavy atom. The van der Waals surface area contributed by atoms with Gasteiger partial charge in [0.1, 0.15) is 6.04 Å². The molecule has 90 valence electrons. The van der Waals surface area contributed by atoms with Crippen LogP contribution in [0.5, 0.6) is 11.5 Å². The minimum atomic E-state index is -0.223. The minimum Gasteiger partial charge on any atom is -0.454 e. The second kappa shape index (κ2) is 5.07. The van der Waals surface area contributed by atoms with Gasteiger partial charge in [0.05, 0.1) is 6.07 Å². The maximum Gasteiger partial charge on any atom is 0.231 e. The lowest BCUT2D eigenvalue weighted by molar-refractivity contribution is 0.174. The van der Waals surface area contributed by atoms with Gasteiger partial charge >= 0.3 is 0 Å². The van der Waals surface area contributed by atoms with Gasteiger partial charge in [-0.25, -0.2) is 0 Å². The van der Waals surface area contributed by atoms with Crippen LogP contribution in [0.25, 0.3) is 0 Å². The molecular formula is C13H16N2O2. The van der Waals surface area contributed by atoms with Crippen molar-refractivity contribution in [3.63, 3.8) is 0 Å². The molecule has 1 unspecified atom stereocenters. The van der Waals surface area contributed by atoms with Crippen LogP contribution in [0.3, 0.4) is 0 Å². The van der Waals surface area contributed by atoms with Crippen LogP contribution in [0.2, 0.25) is 0 Å². The third kappa shape index (κ3) is 2.20. The van der Waals surface area contributed by atoms with E-state index in [9.17, 15) is 5.26 Å². The van der Waals surface area contributed by atoms with Crippen molar-refractivity contribution in [2.75, 3.05) is 19.9 Å². The van der Waals surface area contributed by atoms with Gasteiger partial charge in [-0.3, -0.25) is 4.90 Å². The second-order valence-electron chi connectivity index (χ2n) is 3.87. The van der Waals surface area contributed by atoms with Crippen molar-refractivity contribution in [2.24, 2.45) is 0 Å². The highest BCUT2D eigenvalue weighted by atomic mass is 16.7. The number of nitrogens with zero attached hydrogens (tertiary/aromatic N) is 2. The summed E-state index contributed by atoms with van der Waals surface area (Å²) in [5.41, 5.74) is 0.959. The fourth-order valence-corrected chi connectivity index (χ4v) is 2.04. The minimum absolute atomic E-state index is 0.223. The summed E-state index contributed by atoms with van der Waals surface area (Å²) in [6.45, 7) is 6.08. The first kappa shape index (κ1) is 11.7. The lowest BCUT2D eigenvalue weighted by Crippen LogP contribution is -2.27. The Hall–Kier alpha value is -1.73. The smallest absolute Gasteiger partial charge is 0.231 e. The number of nitriles is 1. The molecule has 0 N–H and O–H groups in total. The van der Waals surface area contributed by atoms with E-state index < -0.39 is 0 Å². The number of rotatable bonds is 4. The number of hydrogen-bond acceptors (Lipinski definition) is 4. The van der Waals surface area contributed by atoms with Gasteiger partial charge in [0.15, 0.2) is 11.5 Å². The average Bonchev–Trinajstić information content (AvgIpc) is 2.82. The lowest BCUT2D eigenvalue weighted by Gasteiger charge is -2.24. The molecule has 0 bridgehead atoms. The first-order valence-corrected chi connectivity index (χ1v) is 5.83. The molecule has 1 aliphatic rings. The number of hydrogen-bond donors (Lipinski definition) is 0. The molecule has 4 nitrogen and oxygen atoms in total. The van der Waals surface area contributed by atoms with E-state index >= 15 is 0 Å². The lowest BCUT2D eigenvalue weighted by atomic mass is 10.1. The fourth-order valence-electron chi connectivity index (χ4n) is 2.04. The van der Waals surface area contributed by atoms with Crippen molar-refractivity contribution < 1.29 is 9.47 Å². The van der Waals surface area contributed by atoms with Gasteiger partial charge in [0, 0.05) is 0 Å². The van der Waals surface area contributed by atoms with Gasteiger partial charge in [-0.05, 0) is 30.8 Å². The van der Waals surface area contributed by atoms with E-state index in [1.54, 1.807) is 0 Å². The Morgan fingerprint density at radius 2 is 2.00 bits per heavy atom. The van der Waals surface area contributed by atoms with Crippen molar-refractivity contribution in [2.45, 2.75) is 19.9 Å². The molecule has 0 saturated heterocycles. The molecule has 1 aromatic carbocycles. The maximum atomic E-state index is 9.30. The first-order valence-electron chi connectivity index (χ1n) is 5.83. The van der Waals surface area contributed by atoms with Crippen molar-refractivity contribution in [3.8, 4) is 17.6 Å². The summed E-state index contributed by atoms with van der Waals surface area (Å²) >= 11 is 0. The Bertz CT molecular complexity index is 436. The molecule has 0 fully saturated rings. The van der Waals surface area contributed by atoms with Crippen LogP contribution in [0.15, 0.2) is 18.2 Å². The van der Waals surface area contributed by atoms with Crippen molar-refractivity contribution >= 4 is 0 Å². The zero-order valence-corrected chi connectivity index (χ0v) is 10.1. The van der Waals surface area contributed by atoms with Crippen LogP contribution in [0.1, 0.15) is 25.5 Å². The van der Waals surface area contributed by atoms with Gasteiger partial charge in [0.2, 0.25) is 6.79 Å². The van der Waals surface area contributed by atoms with Crippen LogP contribution in [-0.2, 0) is 0 Å². The van der Waals surface area contributed by atoms with E-state index in [4.69, 9.17) is 9.47 Å². The van der Waals surface area contributed by atoms with E-state index in [2.05, 4.69) is 24.8 Å². The number of benzene rings is 1. The second-order valence-corrected chi connectivity index (χ2v) is 3.87. The molecule has 0 aromatic heterocycles. The zero-order chi connectivity index (χ0) is 12.3. The molecule has 1 atom stereocenters. The maximum absolute atomic E-state index is 9.30. The third-order valence-corrected chi connectivity index (χ3v) is 3.01. The standard InChI is InChI=1S/C13H16N2O2/c1-3-15(4-2)11(8-14)10-5-6-12-13(7-10)17-9-16-12/h5-7,11H,3-4,9H2,1-2H3. The molecule has 1 aromatic rings. The van der Waals surface area contributed by atoms with Gasteiger partial charge in [0.25, 0.3) is 0 Å². The summed E-state index contributed by atoms with van der Waals surface area (Å²) in [6.07, 6.45) is 0. The number of ether oxygens (including phenoxy) is 2. The monoisotopic (exact) mass is 232 g/mol. The Morgan fingerprint density at radius 1 is 1.29 bits per heavy atom. The molecule has 0 radical (unpaired) electrons. The van der Waals surface area contributed by atoms with Crippen LogP contribution < -0.4 is 9.47 Å². The summed E-state index contributed by atoms with van der Waals surface area (Å²) in [6, 6.07) is 7.81. The van der Waals surface area contributed by atoms with Gasteiger partial charge in [-0.2, -0.15) is 5.26 Å². The highest BCUT2D eigenvalue weighted by Gasteiger charge is 2.21. The molecule has 2 rings (SSSR count). The topological polar surface area (TPSA) is 45.5 Å². The predicted octanol–water partition coefficient (Wildman–Crippen LogP) is 2.32. The summed E-state index contributed by atoms with van der Waals surface area (Å²) in [5, 5.41) is 9.30. The number of fused-ring (bicyclic) bond motifs is 1. The Balaban J connectivity index is 2.29. The van der Waals surface area contributed by atoms with Crippen molar-refractivity contribution in [1.82, 2.24) is 4.90 Å². The third-order valence-electron chi connectivity index (χ3n) is 3.01. The van der Waals surface area contributed by atoms with Crippen LogP contribution in [-0.4, -0.2) is 24.8 Å². The van der Waals surface area contributed by atoms with E-state index in [0.717, 1.165) is 30.2 Å².